The number of benzene rings is 2. The first-order chi connectivity index (χ1) is 21.0. The second-order valence-electron chi connectivity index (χ2n) is 11.0. The van der Waals surface area contributed by atoms with Crippen molar-refractivity contribution >= 4 is 68.4 Å². The second-order valence-corrected chi connectivity index (χ2v) is 11.3. The molecule has 5 heterocycles. The molecule has 11 nitrogen and oxygen atoms in total. The molecule has 0 bridgehead atoms. The molecule has 0 atom stereocenters. The molecule has 0 radical (unpaired) electrons. The highest BCUT2D eigenvalue weighted by atomic mass is 32.1. The lowest BCUT2D eigenvalue weighted by Crippen LogP contribution is -2.39. The molecule has 1 amide bonds. The van der Waals surface area contributed by atoms with E-state index in [-0.39, 0.29) is 24.6 Å². The number of nitrogens with one attached hydrogen (secondary N) is 1. The molecule has 0 spiro atoms. The number of rotatable bonds is 8. The van der Waals surface area contributed by atoms with Crippen molar-refractivity contribution in [1.82, 2.24) is 23.9 Å². The average molecular weight is 597 g/mol. The van der Waals surface area contributed by atoms with Crippen LogP contribution in [0.5, 0.6) is 5.75 Å². The Bertz CT molecular complexity index is 1950. The van der Waals surface area contributed by atoms with Crippen LogP contribution in [0.1, 0.15) is 26.2 Å². The lowest BCUT2D eigenvalue weighted by molar-refractivity contribution is -0.121. The molecule has 2 aliphatic rings. The molecule has 0 aliphatic carbocycles. The first kappa shape index (κ1) is 27.1. The third-order valence-corrected chi connectivity index (χ3v) is 8.33. The SMILES string of the molecule is CCCN1C(=O)COc2ccc(-n3c4nc(Nc5cc(N6CCCC6)c6ccn(C)c6c5)ncc4c(=O)n3CC=S)cc21. The monoisotopic (exact) mass is 596 g/mol. The van der Waals surface area contributed by atoms with Crippen LogP contribution in [-0.4, -0.2) is 61.4 Å². The van der Waals surface area contributed by atoms with Gasteiger partial charge in [-0.15, -0.1) is 0 Å². The molecular formula is C31H32N8O3S. The first-order valence-corrected chi connectivity index (χ1v) is 15.0. The van der Waals surface area contributed by atoms with Gasteiger partial charge in [-0.25, -0.2) is 14.3 Å². The molecule has 2 aromatic carbocycles. The largest absolute Gasteiger partial charge is 0.482 e. The van der Waals surface area contributed by atoms with Crippen molar-refractivity contribution < 1.29 is 9.53 Å². The van der Waals surface area contributed by atoms with Gasteiger partial charge in [0.15, 0.2) is 12.3 Å². The fourth-order valence-electron chi connectivity index (χ4n) is 6.15. The molecule has 43 heavy (non-hydrogen) atoms. The van der Waals surface area contributed by atoms with Gasteiger partial charge in [0.05, 0.1) is 23.4 Å². The summed E-state index contributed by atoms with van der Waals surface area (Å²) in [5.74, 6) is 0.891. The summed E-state index contributed by atoms with van der Waals surface area (Å²) in [6, 6.07) is 11.9. The van der Waals surface area contributed by atoms with Crippen LogP contribution < -0.4 is 25.4 Å². The van der Waals surface area contributed by atoms with Crippen molar-refractivity contribution in [3.05, 3.63) is 59.1 Å². The minimum absolute atomic E-state index is 0.00465. The summed E-state index contributed by atoms with van der Waals surface area (Å²) >= 11 is 5.16. The zero-order valence-corrected chi connectivity index (χ0v) is 24.9. The van der Waals surface area contributed by atoms with Crippen LogP contribution in [0, 0.1) is 0 Å². The maximum absolute atomic E-state index is 13.5. The molecule has 1 fully saturated rings. The lowest BCUT2D eigenvalue weighted by atomic mass is 10.1. The third-order valence-electron chi connectivity index (χ3n) is 8.18. The van der Waals surface area contributed by atoms with E-state index in [1.54, 1.807) is 15.8 Å². The Morgan fingerprint density at radius 2 is 1.91 bits per heavy atom. The van der Waals surface area contributed by atoms with E-state index in [9.17, 15) is 9.59 Å². The minimum atomic E-state index is -0.250. The molecule has 2 aliphatic heterocycles. The molecule has 3 aromatic heterocycles. The van der Waals surface area contributed by atoms with Gasteiger partial charge in [-0.2, -0.15) is 4.98 Å². The van der Waals surface area contributed by atoms with Gasteiger partial charge in [0.2, 0.25) is 5.95 Å². The maximum atomic E-state index is 13.5. The van der Waals surface area contributed by atoms with Gasteiger partial charge in [0.25, 0.3) is 11.5 Å². The van der Waals surface area contributed by atoms with Gasteiger partial charge in [-0.1, -0.05) is 19.1 Å². The van der Waals surface area contributed by atoms with Crippen LogP contribution in [-0.2, 0) is 18.4 Å². The summed E-state index contributed by atoms with van der Waals surface area (Å²) in [5.41, 5.74) is 4.67. The number of aromatic nitrogens is 5. The predicted molar refractivity (Wildman–Crippen MR) is 173 cm³/mol. The summed E-state index contributed by atoms with van der Waals surface area (Å²) in [7, 11) is 2.04. The highest BCUT2D eigenvalue weighted by molar-refractivity contribution is 7.78. The van der Waals surface area contributed by atoms with Gasteiger partial charge in [0, 0.05) is 61.2 Å². The number of anilines is 4. The van der Waals surface area contributed by atoms with E-state index in [2.05, 4.69) is 44.2 Å². The maximum Gasteiger partial charge on any atom is 0.278 e. The Hall–Kier alpha value is -4.71. The zero-order chi connectivity index (χ0) is 29.7. The molecule has 0 unspecified atom stereocenters. The van der Waals surface area contributed by atoms with Crippen molar-refractivity contribution in [2.75, 3.05) is 41.4 Å². The van der Waals surface area contributed by atoms with Crippen LogP contribution in [0.2, 0.25) is 0 Å². The fraction of sp³-hybridized carbons (Fsp3) is 0.323. The number of fused-ring (bicyclic) bond motifs is 3. The molecular weight excluding hydrogens is 564 g/mol. The van der Waals surface area contributed by atoms with Crippen LogP contribution >= 0.6 is 12.2 Å². The number of hydrogen-bond donors (Lipinski definition) is 1. The van der Waals surface area contributed by atoms with Crippen LogP contribution in [0.25, 0.3) is 27.6 Å². The lowest BCUT2D eigenvalue weighted by Gasteiger charge is -2.29. The van der Waals surface area contributed by atoms with Gasteiger partial charge in [-0.3, -0.25) is 9.59 Å². The Morgan fingerprint density at radius 3 is 2.70 bits per heavy atom. The average Bonchev–Trinajstić information content (AvgIpc) is 3.74. The third kappa shape index (κ3) is 4.62. The molecule has 1 N–H and O–H groups in total. The summed E-state index contributed by atoms with van der Waals surface area (Å²) in [6.45, 7) is 4.86. The number of aryl methyl sites for hydroxylation is 1. The topological polar surface area (TPSA) is 102 Å². The molecule has 220 valence electrons. The number of carbonyl (C=O) groups is 1. The summed E-state index contributed by atoms with van der Waals surface area (Å²) in [5, 5.41) is 6.49. The summed E-state index contributed by atoms with van der Waals surface area (Å²) < 4.78 is 11.1. The van der Waals surface area contributed by atoms with Crippen molar-refractivity contribution in [2.45, 2.75) is 32.7 Å². The van der Waals surface area contributed by atoms with Crippen molar-refractivity contribution in [3.63, 3.8) is 0 Å². The molecule has 1 saturated heterocycles. The number of carbonyl (C=O) groups excluding carboxylic acids is 1. The summed E-state index contributed by atoms with van der Waals surface area (Å²) in [6.07, 6.45) is 6.79. The van der Waals surface area contributed by atoms with E-state index >= 15 is 0 Å². The van der Waals surface area contributed by atoms with Crippen LogP contribution in [0.15, 0.2) is 53.6 Å². The minimum Gasteiger partial charge on any atom is -0.482 e. The van der Waals surface area contributed by atoms with E-state index in [1.807, 2.05) is 32.2 Å². The predicted octanol–water partition coefficient (Wildman–Crippen LogP) is 4.55. The first-order valence-electron chi connectivity index (χ1n) is 14.6. The van der Waals surface area contributed by atoms with E-state index in [1.165, 1.54) is 34.0 Å². The molecule has 0 saturated carbocycles. The Labute approximate surface area is 253 Å². The molecule has 7 rings (SSSR count). The Balaban J connectivity index is 1.34. The number of thiocarbonyl (C=S) groups is 1. The Kier molecular flexibility index (Phi) is 6.85. The van der Waals surface area contributed by atoms with Crippen LogP contribution in [0.4, 0.5) is 23.0 Å². The van der Waals surface area contributed by atoms with Gasteiger partial charge >= 0.3 is 0 Å². The quantitative estimate of drug-likeness (QED) is 0.260. The van der Waals surface area contributed by atoms with Crippen molar-refractivity contribution in [2.24, 2.45) is 7.05 Å². The second kappa shape index (κ2) is 10.8. The van der Waals surface area contributed by atoms with Crippen molar-refractivity contribution in [1.29, 1.82) is 0 Å². The van der Waals surface area contributed by atoms with Gasteiger partial charge in [0.1, 0.15) is 11.1 Å². The standard InChI is InChI=1S/C31H32N8O3S/c1-3-9-37-26-17-21(6-7-27(26)42-19-28(37)40)39-29-23(30(41)38(39)13-14-43)18-32-31(34-29)33-20-15-24-22(8-12-35(24)2)25(16-20)36-10-4-5-11-36/h6-8,12,14-18H,3-5,9-11,13,19H2,1-2H3,(H,32,33,34). The highest BCUT2D eigenvalue weighted by Crippen LogP contribution is 2.36. The number of hydrogen-bond acceptors (Lipinski definition) is 8. The normalized spacial score (nSPS) is 14.9. The van der Waals surface area contributed by atoms with Gasteiger partial charge < -0.3 is 24.4 Å². The van der Waals surface area contributed by atoms with E-state index in [4.69, 9.17) is 21.9 Å². The Morgan fingerprint density at radius 1 is 1.07 bits per heavy atom. The zero-order valence-electron chi connectivity index (χ0n) is 24.1. The smallest absolute Gasteiger partial charge is 0.278 e. The molecule has 12 heteroatoms. The molecule has 5 aromatic rings. The fourth-order valence-corrected chi connectivity index (χ4v) is 6.29. The van der Waals surface area contributed by atoms with E-state index in [0.717, 1.165) is 30.7 Å². The van der Waals surface area contributed by atoms with E-state index < -0.39 is 0 Å². The van der Waals surface area contributed by atoms with Crippen LogP contribution in [0.3, 0.4) is 0 Å². The van der Waals surface area contributed by atoms with Crippen molar-refractivity contribution in [3.8, 4) is 11.4 Å². The number of amides is 1. The van der Waals surface area contributed by atoms with Gasteiger partial charge in [-0.05, 0) is 55.7 Å². The van der Waals surface area contributed by atoms with E-state index in [0.29, 0.717) is 40.7 Å². The summed E-state index contributed by atoms with van der Waals surface area (Å²) in [4.78, 5) is 39.7. The number of ether oxygens (including phenoxy) is 1. The number of nitrogens with zero attached hydrogens (tertiary/aromatic N) is 7. The highest BCUT2D eigenvalue weighted by Gasteiger charge is 2.27.